The lowest BCUT2D eigenvalue weighted by Gasteiger charge is -2.31. The highest BCUT2D eigenvalue weighted by Crippen LogP contribution is 2.40. The van der Waals surface area contributed by atoms with E-state index in [0.29, 0.717) is 0 Å². The third-order valence-corrected chi connectivity index (χ3v) is 6.05. The number of ether oxygens (including phenoxy) is 1. The maximum atomic E-state index is 12.3. The molecule has 0 bridgehead atoms. The van der Waals surface area contributed by atoms with E-state index in [0.717, 1.165) is 17.4 Å². The Morgan fingerprint density at radius 2 is 2.17 bits per heavy atom. The second-order valence-corrected chi connectivity index (χ2v) is 7.37. The van der Waals surface area contributed by atoms with Crippen molar-refractivity contribution in [2.24, 2.45) is 0 Å². The van der Waals surface area contributed by atoms with Crippen LogP contribution >= 0.6 is 11.8 Å². The molecule has 0 aromatic heterocycles. The Balaban J connectivity index is 2.42. The first-order valence-electron chi connectivity index (χ1n) is 7.23. The van der Waals surface area contributed by atoms with Crippen LogP contribution in [-0.2, 0) is 0 Å². The molecule has 1 heterocycles. The van der Waals surface area contributed by atoms with E-state index in [1.165, 1.54) is 13.2 Å². The van der Waals surface area contributed by atoms with Gasteiger partial charge in [-0.15, -0.1) is 11.8 Å². The van der Waals surface area contributed by atoms with Gasteiger partial charge >= 0.3 is 0 Å². The summed E-state index contributed by atoms with van der Waals surface area (Å²) in [5.41, 5.74) is 1.20. The number of methoxy groups -OCH3 is 1. The number of hydrogen-bond donors (Lipinski definition) is 0. The van der Waals surface area contributed by atoms with Crippen LogP contribution in [0.2, 0.25) is 0 Å². The smallest absolute Gasteiger partial charge is 0.273 e. The van der Waals surface area contributed by atoms with E-state index in [-0.39, 0.29) is 33.7 Å². The van der Waals surface area contributed by atoms with Crippen LogP contribution in [0.15, 0.2) is 17.7 Å². The third kappa shape index (κ3) is 3.45. The number of rotatable bonds is 4. The van der Waals surface area contributed by atoms with Crippen LogP contribution in [0.5, 0.6) is 11.5 Å². The van der Waals surface area contributed by atoms with Gasteiger partial charge in [-0.05, 0) is 39.0 Å². The highest BCUT2D eigenvalue weighted by molar-refractivity contribution is 8.00. The van der Waals surface area contributed by atoms with Crippen molar-refractivity contribution < 1.29 is 14.8 Å². The van der Waals surface area contributed by atoms with Crippen LogP contribution in [0, 0.1) is 10.1 Å². The lowest BCUT2D eigenvalue weighted by molar-refractivity contribution is -0.385. The first kappa shape index (κ1) is 17.6. The zero-order chi connectivity index (χ0) is 17.4. The summed E-state index contributed by atoms with van der Waals surface area (Å²) in [5.74, 6) is 0.648. The van der Waals surface area contributed by atoms with Crippen LogP contribution < -0.4 is 9.84 Å². The summed E-state index contributed by atoms with van der Waals surface area (Å²) in [5, 5.41) is 23.5. The number of thioether (sulfide) groups is 1. The minimum absolute atomic E-state index is 0.00832. The molecule has 0 spiro atoms. The van der Waals surface area contributed by atoms with Crippen molar-refractivity contribution in [3.05, 3.63) is 33.4 Å². The number of hydrogen-bond acceptors (Lipinski definition) is 6. The maximum Gasteiger partial charge on any atom is 0.273 e. The zero-order valence-electron chi connectivity index (χ0n) is 14.0. The van der Waals surface area contributed by atoms with Gasteiger partial charge in [0.25, 0.3) is 5.69 Å². The molecule has 1 aromatic carbocycles. The maximum absolute atomic E-state index is 12.3. The Labute approximate surface area is 140 Å². The SMILES string of the molecule is COc1cc([N+](=O)[O-])cc(/C=C(\C)C2SCC(C)(C)N2C)c1[O-]. The van der Waals surface area contributed by atoms with Crippen molar-refractivity contribution >= 4 is 23.5 Å². The summed E-state index contributed by atoms with van der Waals surface area (Å²) in [6.07, 6.45) is 1.73. The summed E-state index contributed by atoms with van der Waals surface area (Å²) >= 11 is 1.80. The normalized spacial score (nSPS) is 21.4. The number of nitro groups is 1. The van der Waals surface area contributed by atoms with Crippen molar-refractivity contribution in [2.75, 3.05) is 19.9 Å². The van der Waals surface area contributed by atoms with Gasteiger partial charge in [0.2, 0.25) is 0 Å². The second kappa shape index (κ2) is 6.41. The summed E-state index contributed by atoms with van der Waals surface area (Å²) in [4.78, 5) is 12.8. The van der Waals surface area contributed by atoms with Crippen molar-refractivity contribution in [3.8, 4) is 11.5 Å². The number of nitro benzene ring substituents is 1. The van der Waals surface area contributed by atoms with Gasteiger partial charge < -0.3 is 9.84 Å². The third-order valence-electron chi connectivity index (χ3n) is 4.17. The molecule has 0 N–H and O–H groups in total. The molecule has 0 amide bonds. The number of likely N-dealkylation sites (N-methyl/N-ethyl adjacent to an activating group) is 1. The average Bonchev–Trinajstić information content (AvgIpc) is 2.75. The lowest BCUT2D eigenvalue weighted by atomic mass is 10.0. The predicted octanol–water partition coefficient (Wildman–Crippen LogP) is 2.86. The molecule has 126 valence electrons. The quantitative estimate of drug-likeness (QED) is 0.621. The Morgan fingerprint density at radius 1 is 1.52 bits per heavy atom. The van der Waals surface area contributed by atoms with E-state index in [1.54, 1.807) is 17.8 Å². The molecule has 1 unspecified atom stereocenters. The monoisotopic (exact) mass is 337 g/mol. The van der Waals surface area contributed by atoms with Gasteiger partial charge in [-0.1, -0.05) is 11.8 Å². The van der Waals surface area contributed by atoms with Gasteiger partial charge in [-0.3, -0.25) is 15.0 Å². The van der Waals surface area contributed by atoms with Gasteiger partial charge in [-0.25, -0.2) is 0 Å². The fraction of sp³-hybridized carbons (Fsp3) is 0.500. The molecular formula is C16H21N2O4S-. The van der Waals surface area contributed by atoms with E-state index in [2.05, 4.69) is 18.7 Å². The number of benzene rings is 1. The Bertz CT molecular complexity index is 658. The van der Waals surface area contributed by atoms with Gasteiger partial charge in [0.1, 0.15) is 5.75 Å². The molecule has 1 aliphatic heterocycles. The standard InChI is InChI=1S/C16H22N2O4S/c1-10(15-17(4)16(2,3)9-23-15)6-11-7-12(18(20)21)8-13(22-5)14(11)19/h6-8,15,19H,9H2,1-5H3/p-1/b10-6+. The van der Waals surface area contributed by atoms with Crippen molar-refractivity contribution in [1.29, 1.82) is 0 Å². The molecular weight excluding hydrogens is 316 g/mol. The number of non-ortho nitro benzene ring substituents is 1. The zero-order valence-corrected chi connectivity index (χ0v) is 14.8. The van der Waals surface area contributed by atoms with Crippen LogP contribution in [0.4, 0.5) is 5.69 Å². The van der Waals surface area contributed by atoms with Crippen molar-refractivity contribution in [3.63, 3.8) is 0 Å². The Morgan fingerprint density at radius 3 is 2.65 bits per heavy atom. The van der Waals surface area contributed by atoms with E-state index in [4.69, 9.17) is 4.74 Å². The molecule has 0 radical (unpaired) electrons. The van der Waals surface area contributed by atoms with Crippen LogP contribution in [-0.4, -0.2) is 40.6 Å². The average molecular weight is 337 g/mol. The highest BCUT2D eigenvalue weighted by atomic mass is 32.2. The molecule has 23 heavy (non-hydrogen) atoms. The van der Waals surface area contributed by atoms with E-state index in [1.807, 2.05) is 14.0 Å². The largest absolute Gasteiger partial charge is 0.870 e. The lowest BCUT2D eigenvalue weighted by Crippen LogP contribution is -2.41. The van der Waals surface area contributed by atoms with E-state index < -0.39 is 4.92 Å². The second-order valence-electron chi connectivity index (χ2n) is 6.30. The molecule has 0 aliphatic carbocycles. The van der Waals surface area contributed by atoms with Gasteiger partial charge in [0.15, 0.2) is 0 Å². The fourth-order valence-electron chi connectivity index (χ4n) is 2.54. The highest BCUT2D eigenvalue weighted by Gasteiger charge is 2.37. The number of nitrogens with zero attached hydrogens (tertiary/aromatic N) is 2. The van der Waals surface area contributed by atoms with Gasteiger partial charge in [0, 0.05) is 17.4 Å². The summed E-state index contributed by atoms with van der Waals surface area (Å²) < 4.78 is 4.98. The van der Waals surface area contributed by atoms with Crippen LogP contribution in [0.1, 0.15) is 26.3 Å². The van der Waals surface area contributed by atoms with Crippen molar-refractivity contribution in [1.82, 2.24) is 4.90 Å². The minimum atomic E-state index is -0.520. The fourth-order valence-corrected chi connectivity index (χ4v) is 4.15. The van der Waals surface area contributed by atoms with Gasteiger partial charge in [-0.2, -0.15) is 0 Å². The molecule has 1 atom stereocenters. The van der Waals surface area contributed by atoms with Crippen LogP contribution in [0.25, 0.3) is 6.08 Å². The molecule has 2 rings (SSSR count). The molecule has 1 aromatic rings. The van der Waals surface area contributed by atoms with E-state index in [9.17, 15) is 15.2 Å². The summed E-state index contributed by atoms with van der Waals surface area (Å²) in [7, 11) is 3.39. The molecule has 1 fully saturated rings. The first-order chi connectivity index (χ1) is 10.7. The van der Waals surface area contributed by atoms with Crippen LogP contribution in [0.3, 0.4) is 0 Å². The molecule has 0 saturated carbocycles. The van der Waals surface area contributed by atoms with Crippen molar-refractivity contribution in [2.45, 2.75) is 31.7 Å². The molecule has 1 saturated heterocycles. The summed E-state index contributed by atoms with van der Waals surface area (Å²) in [6, 6.07) is 2.47. The van der Waals surface area contributed by atoms with Gasteiger partial charge in [0.05, 0.1) is 23.5 Å². The molecule has 1 aliphatic rings. The topological polar surface area (TPSA) is 78.7 Å². The predicted molar refractivity (Wildman–Crippen MR) is 90.8 cm³/mol. The Kier molecular flexibility index (Phi) is 4.91. The minimum Gasteiger partial charge on any atom is -0.870 e. The Hall–Kier alpha value is -1.73. The molecule has 6 nitrogen and oxygen atoms in total. The molecule has 7 heteroatoms. The van der Waals surface area contributed by atoms with E-state index >= 15 is 0 Å². The first-order valence-corrected chi connectivity index (χ1v) is 8.28. The summed E-state index contributed by atoms with van der Waals surface area (Å²) in [6.45, 7) is 6.28.